The van der Waals surface area contributed by atoms with Crippen molar-refractivity contribution in [3.05, 3.63) is 85.1 Å². The molecule has 0 aliphatic heterocycles. The minimum absolute atomic E-state index is 0.0532. The quantitative estimate of drug-likeness (QED) is 0.0264. The number of hydrogen-bond donors (Lipinski definition) is 2. The fourth-order valence-electron chi connectivity index (χ4n) is 10.5. The number of unbranched alkanes of at least 4 members (excludes halogenated alkanes) is 41. The third kappa shape index (κ3) is 70.2. The number of hydrogen-bond acceptors (Lipinski definition) is 8. The lowest BCUT2D eigenvalue weighted by Crippen LogP contribution is -2.29. The maximum Gasteiger partial charge on any atom is 0.472 e. The Balaban J connectivity index is 3.85. The van der Waals surface area contributed by atoms with Crippen LogP contribution in [0.5, 0.6) is 0 Å². The van der Waals surface area contributed by atoms with Gasteiger partial charge in [0.25, 0.3) is 0 Å². The predicted octanol–water partition coefficient (Wildman–Crippen LogP) is 23.8. The highest BCUT2D eigenvalue weighted by Gasteiger charge is 2.26. The summed E-state index contributed by atoms with van der Waals surface area (Å²) in [7, 11) is -4.39. The molecule has 2 atom stereocenters. The summed E-state index contributed by atoms with van der Waals surface area (Å²) in [6.07, 6.45) is 94.0. The fourth-order valence-corrected chi connectivity index (χ4v) is 11.3. The van der Waals surface area contributed by atoms with Crippen molar-refractivity contribution in [1.82, 2.24) is 0 Å². The van der Waals surface area contributed by atoms with Crippen molar-refractivity contribution < 1.29 is 37.6 Å². The number of nitrogens with two attached hydrogens (primary N) is 1. The van der Waals surface area contributed by atoms with E-state index in [1.165, 1.54) is 231 Å². The Bertz CT molecular complexity index is 1670. The molecule has 85 heavy (non-hydrogen) atoms. The molecule has 0 aromatic rings. The zero-order valence-corrected chi connectivity index (χ0v) is 56.5. The van der Waals surface area contributed by atoms with Crippen LogP contribution in [-0.2, 0) is 32.7 Å². The van der Waals surface area contributed by atoms with Gasteiger partial charge in [0, 0.05) is 19.4 Å². The van der Waals surface area contributed by atoms with Gasteiger partial charge in [0.2, 0.25) is 0 Å². The molecule has 0 spiro atoms. The molecule has 0 aromatic carbocycles. The van der Waals surface area contributed by atoms with Gasteiger partial charge in [-0.05, 0) is 70.6 Å². The third-order valence-electron chi connectivity index (χ3n) is 15.8. The predicted molar refractivity (Wildman–Crippen MR) is 367 cm³/mol. The molecule has 0 rings (SSSR count). The van der Waals surface area contributed by atoms with Crippen LogP contribution in [0.25, 0.3) is 0 Å². The topological polar surface area (TPSA) is 134 Å². The van der Waals surface area contributed by atoms with Crippen LogP contribution in [0, 0.1) is 0 Å². The van der Waals surface area contributed by atoms with E-state index in [4.69, 9.17) is 24.3 Å². The number of esters is 2. The van der Waals surface area contributed by atoms with Gasteiger partial charge in [-0.25, -0.2) is 4.57 Å². The molecule has 0 heterocycles. The lowest BCUT2D eigenvalue weighted by Gasteiger charge is -2.19. The fraction of sp³-hybridized carbons (Fsp3) is 0.787. The highest BCUT2D eigenvalue weighted by atomic mass is 31.2. The third-order valence-corrected chi connectivity index (χ3v) is 16.8. The van der Waals surface area contributed by atoms with E-state index in [1.807, 2.05) is 0 Å². The molecular weight excluding hydrogens is 1070 g/mol. The van der Waals surface area contributed by atoms with Crippen LogP contribution in [0.2, 0.25) is 0 Å². The van der Waals surface area contributed by atoms with Gasteiger partial charge in [0.05, 0.1) is 13.2 Å². The van der Waals surface area contributed by atoms with Crippen molar-refractivity contribution in [3.8, 4) is 0 Å². The summed E-state index contributed by atoms with van der Waals surface area (Å²) >= 11 is 0. The first-order chi connectivity index (χ1) is 41.8. The van der Waals surface area contributed by atoms with Gasteiger partial charge >= 0.3 is 19.8 Å². The zero-order chi connectivity index (χ0) is 61.6. The summed E-state index contributed by atoms with van der Waals surface area (Å²) in [5.41, 5.74) is 5.41. The van der Waals surface area contributed by atoms with Gasteiger partial charge in [-0.3, -0.25) is 18.6 Å². The number of rotatable bonds is 68. The Morgan fingerprint density at radius 2 is 0.647 bits per heavy atom. The molecule has 0 amide bonds. The van der Waals surface area contributed by atoms with E-state index in [0.717, 1.165) is 83.5 Å². The summed E-state index contributed by atoms with van der Waals surface area (Å²) in [4.78, 5) is 35.4. The van der Waals surface area contributed by atoms with Gasteiger partial charge in [-0.2, -0.15) is 0 Å². The first kappa shape index (κ1) is 82.2. The number of phosphoric acid groups is 1. The Labute approximate surface area is 525 Å². The van der Waals surface area contributed by atoms with Crippen molar-refractivity contribution in [1.29, 1.82) is 0 Å². The highest BCUT2D eigenvalue weighted by molar-refractivity contribution is 7.47. The van der Waals surface area contributed by atoms with Crippen molar-refractivity contribution in [3.63, 3.8) is 0 Å². The molecule has 0 fully saturated rings. The molecular formula is C75H136NO8P. The summed E-state index contributed by atoms with van der Waals surface area (Å²) in [6, 6.07) is 0. The summed E-state index contributed by atoms with van der Waals surface area (Å²) in [5.74, 6) is -0.812. The number of ether oxygens (including phenoxy) is 2. The van der Waals surface area contributed by atoms with Gasteiger partial charge in [0.15, 0.2) is 6.10 Å². The van der Waals surface area contributed by atoms with Crippen molar-refractivity contribution in [2.75, 3.05) is 26.4 Å². The molecule has 0 aliphatic carbocycles. The molecule has 494 valence electrons. The second kappa shape index (κ2) is 70.3. The normalized spacial score (nSPS) is 13.4. The largest absolute Gasteiger partial charge is 0.472 e. The van der Waals surface area contributed by atoms with E-state index in [-0.39, 0.29) is 38.6 Å². The maximum atomic E-state index is 12.8. The molecule has 0 saturated heterocycles. The minimum Gasteiger partial charge on any atom is -0.462 e. The minimum atomic E-state index is -4.39. The second-order valence-electron chi connectivity index (χ2n) is 24.1. The molecule has 3 N–H and O–H groups in total. The SMILES string of the molecule is CC/C=C\C/C=C\C/C=C\C/C=C\C/C=C\C/C=C\C/C=C\CCCCCCCCCCCCCCCCCC(=O)OC(COC(=O)CCCCCCCCCCCCCCCCCCCCCCCCCCCCC)COP(=O)(O)OCCN. The van der Waals surface area contributed by atoms with Gasteiger partial charge in [-0.1, -0.05) is 349 Å². The Kier molecular flexibility index (Phi) is 68.0. The summed E-state index contributed by atoms with van der Waals surface area (Å²) in [5, 5.41) is 0. The van der Waals surface area contributed by atoms with Gasteiger partial charge in [0.1, 0.15) is 6.61 Å². The average molecular weight is 1210 g/mol. The van der Waals surface area contributed by atoms with Crippen LogP contribution in [0.3, 0.4) is 0 Å². The molecule has 0 aliphatic rings. The van der Waals surface area contributed by atoms with Gasteiger partial charge < -0.3 is 20.1 Å². The zero-order valence-electron chi connectivity index (χ0n) is 55.6. The van der Waals surface area contributed by atoms with E-state index in [0.29, 0.717) is 6.42 Å². The molecule has 0 bridgehead atoms. The lowest BCUT2D eigenvalue weighted by molar-refractivity contribution is -0.161. The van der Waals surface area contributed by atoms with Crippen LogP contribution in [0.1, 0.15) is 348 Å². The summed E-state index contributed by atoms with van der Waals surface area (Å²) in [6.45, 7) is 3.69. The first-order valence-corrected chi connectivity index (χ1v) is 37.6. The summed E-state index contributed by atoms with van der Waals surface area (Å²) < 4.78 is 33.2. The Morgan fingerprint density at radius 1 is 0.365 bits per heavy atom. The molecule has 0 aromatic heterocycles. The number of allylic oxidation sites excluding steroid dienone is 14. The first-order valence-electron chi connectivity index (χ1n) is 36.1. The monoisotopic (exact) mass is 1210 g/mol. The number of phosphoric ester groups is 1. The van der Waals surface area contributed by atoms with Crippen LogP contribution < -0.4 is 5.73 Å². The van der Waals surface area contributed by atoms with Crippen molar-refractivity contribution >= 4 is 19.8 Å². The Morgan fingerprint density at radius 3 is 0.965 bits per heavy atom. The number of carbonyl (C=O) groups is 2. The average Bonchev–Trinajstić information content (AvgIpc) is 3.52. The molecule has 0 saturated carbocycles. The van der Waals surface area contributed by atoms with Crippen LogP contribution >= 0.6 is 7.82 Å². The van der Waals surface area contributed by atoms with Crippen LogP contribution in [-0.4, -0.2) is 49.3 Å². The Hall–Kier alpha value is -2.81. The molecule has 9 nitrogen and oxygen atoms in total. The van der Waals surface area contributed by atoms with Crippen molar-refractivity contribution in [2.24, 2.45) is 5.73 Å². The highest BCUT2D eigenvalue weighted by Crippen LogP contribution is 2.43. The van der Waals surface area contributed by atoms with Crippen LogP contribution in [0.15, 0.2) is 85.1 Å². The molecule has 0 radical (unpaired) electrons. The smallest absolute Gasteiger partial charge is 0.462 e. The van der Waals surface area contributed by atoms with E-state index in [2.05, 4.69) is 98.9 Å². The van der Waals surface area contributed by atoms with E-state index in [9.17, 15) is 19.0 Å². The maximum absolute atomic E-state index is 12.8. The molecule has 2 unspecified atom stereocenters. The van der Waals surface area contributed by atoms with Gasteiger partial charge in [-0.15, -0.1) is 0 Å². The van der Waals surface area contributed by atoms with Crippen molar-refractivity contribution in [2.45, 2.75) is 354 Å². The molecule has 10 heteroatoms. The standard InChI is InChI=1S/C75H136NO8P/c1-3-5-7-9-11-13-15-17-19-21-23-25-27-29-31-32-33-34-35-36-37-38-39-40-42-44-46-48-50-52-54-56-58-60-62-64-66-68-75(78)84-73(72-83-85(79,80)82-70-69-76)71-81-74(77)67-65-63-61-59-57-55-53-51-49-47-45-43-41-30-28-26-24-22-20-18-16-14-12-10-8-6-4-2/h5,7,11,13,17,19,23,25,29,31,33-34,36-37,73H,3-4,6,8-10,12,14-16,18,20-22,24,26-28,30,32,35,38-72,76H2,1-2H3,(H,79,80)/b7-5-,13-11-,19-17-,25-23-,31-29-,34-33-,37-36-. The lowest BCUT2D eigenvalue weighted by atomic mass is 10.0. The van der Waals surface area contributed by atoms with Crippen LogP contribution in [0.4, 0.5) is 0 Å². The van der Waals surface area contributed by atoms with E-state index < -0.39 is 26.5 Å². The van der Waals surface area contributed by atoms with E-state index in [1.54, 1.807) is 0 Å². The second-order valence-corrected chi connectivity index (χ2v) is 25.5. The number of carbonyl (C=O) groups excluding carboxylic acids is 2. The van der Waals surface area contributed by atoms with E-state index >= 15 is 0 Å².